The maximum absolute atomic E-state index is 6.58. The van der Waals surface area contributed by atoms with E-state index in [1.54, 1.807) is 0 Å². The first kappa shape index (κ1) is 30.6. The van der Waals surface area contributed by atoms with Crippen LogP contribution in [0, 0.1) is 0 Å². The number of anilines is 3. The van der Waals surface area contributed by atoms with Crippen LogP contribution in [-0.2, 0) is 0 Å². The molecule has 10 rings (SSSR count). The molecule has 0 radical (unpaired) electrons. The van der Waals surface area contributed by atoms with Gasteiger partial charge in [0, 0.05) is 45.5 Å². The molecule has 0 bridgehead atoms. The number of nitrogens with zero attached hydrogens (tertiary/aromatic N) is 2. The highest BCUT2D eigenvalue weighted by Crippen LogP contribution is 2.43. The molecule has 250 valence electrons. The second-order valence-electron chi connectivity index (χ2n) is 13.2. The van der Waals surface area contributed by atoms with Crippen molar-refractivity contribution in [3.05, 3.63) is 194 Å². The minimum absolute atomic E-state index is 0.599. The standard InChI is InChI=1S/C49H32N2O2/c1-5-13-33(14-6-1)34-21-23-38(24-22-34)51(39-25-27-41(35-15-7-2-8-16-35)43(29-39)36-17-9-3-10-18-36)40-26-28-42-44-31-48-45(32-47(44)52-46(42)30-40)50-49(53-48)37-19-11-4-12-20-37/h1-32H. The summed E-state index contributed by atoms with van der Waals surface area (Å²) in [4.78, 5) is 7.09. The predicted octanol–water partition coefficient (Wildman–Crippen LogP) is 13.9. The van der Waals surface area contributed by atoms with Gasteiger partial charge in [0.1, 0.15) is 16.7 Å². The molecule has 53 heavy (non-hydrogen) atoms. The summed E-state index contributed by atoms with van der Waals surface area (Å²) in [6.45, 7) is 0. The van der Waals surface area contributed by atoms with E-state index in [-0.39, 0.29) is 0 Å². The molecule has 0 spiro atoms. The summed E-state index contributed by atoms with van der Waals surface area (Å²) in [5.74, 6) is 0.599. The number of furan rings is 1. The summed E-state index contributed by atoms with van der Waals surface area (Å²) in [7, 11) is 0. The van der Waals surface area contributed by atoms with Crippen molar-refractivity contribution in [1.82, 2.24) is 4.98 Å². The minimum Gasteiger partial charge on any atom is -0.456 e. The molecule has 0 atom stereocenters. The Morgan fingerprint density at radius 1 is 0.340 bits per heavy atom. The van der Waals surface area contributed by atoms with Crippen LogP contribution in [0.1, 0.15) is 0 Å². The van der Waals surface area contributed by atoms with Gasteiger partial charge in [0.05, 0.1) is 0 Å². The summed E-state index contributed by atoms with van der Waals surface area (Å²) in [5, 5.41) is 2.01. The molecule has 8 aromatic carbocycles. The van der Waals surface area contributed by atoms with Crippen molar-refractivity contribution in [2.45, 2.75) is 0 Å². The summed E-state index contributed by atoms with van der Waals surface area (Å²) in [5.41, 5.74) is 14.1. The van der Waals surface area contributed by atoms with E-state index in [9.17, 15) is 0 Å². The third-order valence-corrected chi connectivity index (χ3v) is 9.91. The molecular formula is C49H32N2O2. The molecule has 0 saturated heterocycles. The highest BCUT2D eigenvalue weighted by Gasteiger charge is 2.19. The Morgan fingerprint density at radius 3 is 1.55 bits per heavy atom. The molecule has 2 aromatic heterocycles. The van der Waals surface area contributed by atoms with Crippen LogP contribution >= 0.6 is 0 Å². The lowest BCUT2D eigenvalue weighted by molar-refractivity contribution is 0.620. The maximum Gasteiger partial charge on any atom is 0.227 e. The van der Waals surface area contributed by atoms with E-state index >= 15 is 0 Å². The van der Waals surface area contributed by atoms with E-state index in [1.807, 2.05) is 48.5 Å². The number of hydrogen-bond donors (Lipinski definition) is 0. The first-order valence-corrected chi connectivity index (χ1v) is 17.8. The van der Waals surface area contributed by atoms with E-state index in [1.165, 1.54) is 22.3 Å². The van der Waals surface area contributed by atoms with Gasteiger partial charge in [-0.3, -0.25) is 0 Å². The average Bonchev–Trinajstić information content (AvgIpc) is 3.82. The van der Waals surface area contributed by atoms with Crippen molar-refractivity contribution in [3.63, 3.8) is 0 Å². The van der Waals surface area contributed by atoms with Gasteiger partial charge < -0.3 is 13.7 Å². The molecule has 0 aliphatic rings. The molecule has 4 heteroatoms. The Kier molecular flexibility index (Phi) is 7.43. The van der Waals surface area contributed by atoms with E-state index in [0.29, 0.717) is 5.89 Å². The van der Waals surface area contributed by atoms with Crippen LogP contribution in [0.2, 0.25) is 0 Å². The molecule has 10 aromatic rings. The van der Waals surface area contributed by atoms with Crippen molar-refractivity contribution in [3.8, 4) is 44.8 Å². The monoisotopic (exact) mass is 680 g/mol. The lowest BCUT2D eigenvalue weighted by Gasteiger charge is -2.27. The lowest BCUT2D eigenvalue weighted by atomic mass is 9.93. The maximum atomic E-state index is 6.58. The molecule has 0 aliphatic carbocycles. The molecule has 0 fully saturated rings. The van der Waals surface area contributed by atoms with Crippen LogP contribution in [0.15, 0.2) is 203 Å². The fourth-order valence-electron chi connectivity index (χ4n) is 7.31. The van der Waals surface area contributed by atoms with Gasteiger partial charge >= 0.3 is 0 Å². The van der Waals surface area contributed by atoms with E-state index in [4.69, 9.17) is 13.8 Å². The quantitative estimate of drug-likeness (QED) is 0.168. The van der Waals surface area contributed by atoms with Gasteiger partial charge in [-0.1, -0.05) is 127 Å². The van der Waals surface area contributed by atoms with Crippen molar-refractivity contribution in [2.75, 3.05) is 4.90 Å². The fraction of sp³-hybridized carbons (Fsp3) is 0. The molecular weight excluding hydrogens is 649 g/mol. The van der Waals surface area contributed by atoms with Crippen LogP contribution in [0.25, 0.3) is 77.9 Å². The highest BCUT2D eigenvalue weighted by molar-refractivity contribution is 6.10. The van der Waals surface area contributed by atoms with Crippen LogP contribution in [0.4, 0.5) is 17.1 Å². The van der Waals surface area contributed by atoms with E-state index in [2.05, 4.69) is 150 Å². The van der Waals surface area contributed by atoms with E-state index in [0.717, 1.165) is 66.8 Å². The summed E-state index contributed by atoms with van der Waals surface area (Å²) in [6, 6.07) is 67.7. The van der Waals surface area contributed by atoms with Gasteiger partial charge in [0.25, 0.3) is 0 Å². The zero-order chi connectivity index (χ0) is 35.1. The zero-order valence-electron chi connectivity index (χ0n) is 28.7. The number of benzene rings is 8. The molecule has 0 N–H and O–H groups in total. The Labute approximate surface area is 306 Å². The third-order valence-electron chi connectivity index (χ3n) is 9.91. The molecule has 4 nitrogen and oxygen atoms in total. The van der Waals surface area contributed by atoms with Crippen LogP contribution in [-0.4, -0.2) is 4.98 Å². The van der Waals surface area contributed by atoms with E-state index < -0.39 is 0 Å². The summed E-state index contributed by atoms with van der Waals surface area (Å²) >= 11 is 0. The molecule has 2 heterocycles. The summed E-state index contributed by atoms with van der Waals surface area (Å²) < 4.78 is 12.8. The van der Waals surface area contributed by atoms with Gasteiger partial charge in [-0.25, -0.2) is 4.98 Å². The number of hydrogen-bond acceptors (Lipinski definition) is 4. The number of rotatable bonds is 7. The number of oxazole rings is 1. The molecule has 0 aliphatic heterocycles. The minimum atomic E-state index is 0.599. The van der Waals surface area contributed by atoms with Gasteiger partial charge in [0.15, 0.2) is 5.58 Å². The molecule has 0 unspecified atom stereocenters. The Balaban J connectivity index is 1.12. The van der Waals surface area contributed by atoms with Gasteiger partial charge in [0.2, 0.25) is 5.89 Å². The predicted molar refractivity (Wildman–Crippen MR) is 218 cm³/mol. The van der Waals surface area contributed by atoms with Crippen LogP contribution in [0.3, 0.4) is 0 Å². The Hall–Kier alpha value is -7.17. The highest BCUT2D eigenvalue weighted by atomic mass is 16.4. The SMILES string of the molecule is c1ccc(-c2ccc(N(c3ccc(-c4ccccc4)c(-c4ccccc4)c3)c3ccc4c(c3)oc3cc5nc(-c6ccccc6)oc5cc34)cc2)cc1. The van der Waals surface area contributed by atoms with Crippen LogP contribution in [0.5, 0.6) is 0 Å². The smallest absolute Gasteiger partial charge is 0.227 e. The zero-order valence-corrected chi connectivity index (χ0v) is 28.7. The fourth-order valence-corrected chi connectivity index (χ4v) is 7.31. The van der Waals surface area contributed by atoms with Crippen molar-refractivity contribution >= 4 is 50.1 Å². The van der Waals surface area contributed by atoms with Gasteiger partial charge in [-0.05, 0) is 88.0 Å². The van der Waals surface area contributed by atoms with Crippen molar-refractivity contribution in [2.24, 2.45) is 0 Å². The first-order valence-electron chi connectivity index (χ1n) is 17.8. The lowest BCUT2D eigenvalue weighted by Crippen LogP contribution is -2.10. The second-order valence-corrected chi connectivity index (χ2v) is 13.2. The summed E-state index contributed by atoms with van der Waals surface area (Å²) in [6.07, 6.45) is 0. The normalized spacial score (nSPS) is 11.4. The Bertz CT molecular complexity index is 2860. The first-order chi connectivity index (χ1) is 26.2. The van der Waals surface area contributed by atoms with Gasteiger partial charge in [-0.2, -0.15) is 0 Å². The number of aromatic nitrogens is 1. The van der Waals surface area contributed by atoms with Gasteiger partial charge in [-0.15, -0.1) is 0 Å². The van der Waals surface area contributed by atoms with Crippen molar-refractivity contribution < 1.29 is 8.83 Å². The largest absolute Gasteiger partial charge is 0.456 e. The van der Waals surface area contributed by atoms with Crippen molar-refractivity contribution in [1.29, 1.82) is 0 Å². The molecule has 0 saturated carbocycles. The second kappa shape index (κ2) is 12.9. The average molecular weight is 681 g/mol. The third kappa shape index (κ3) is 5.63. The number of fused-ring (bicyclic) bond motifs is 4. The van der Waals surface area contributed by atoms with Crippen LogP contribution < -0.4 is 4.90 Å². The molecule has 0 amide bonds. The topological polar surface area (TPSA) is 42.4 Å². The Morgan fingerprint density at radius 2 is 0.868 bits per heavy atom.